The molecule has 7 rings (SSSR count). The first kappa shape index (κ1) is 24.6. The highest BCUT2D eigenvalue weighted by Crippen LogP contribution is 2.41. The van der Waals surface area contributed by atoms with Gasteiger partial charge >= 0.3 is 0 Å². The van der Waals surface area contributed by atoms with Crippen LogP contribution in [0, 0.1) is 0 Å². The van der Waals surface area contributed by atoms with Crippen LogP contribution in [0.1, 0.15) is 36.1 Å². The Bertz CT molecular complexity index is 1330. The van der Waals surface area contributed by atoms with E-state index in [1.165, 1.54) is 16.1 Å². The van der Waals surface area contributed by atoms with Gasteiger partial charge in [-0.3, -0.25) is 9.80 Å². The Morgan fingerprint density at radius 1 is 1.11 bits per heavy atom. The molecule has 0 aliphatic carbocycles. The quantitative estimate of drug-likeness (QED) is 0.506. The highest BCUT2D eigenvalue weighted by atomic mass is 32.1. The number of rotatable bonds is 5. The van der Waals surface area contributed by atoms with Crippen molar-refractivity contribution in [3.8, 4) is 11.4 Å². The van der Waals surface area contributed by atoms with Crippen molar-refractivity contribution in [1.82, 2.24) is 19.8 Å². The predicted molar refractivity (Wildman–Crippen MR) is 148 cm³/mol. The van der Waals surface area contributed by atoms with Crippen molar-refractivity contribution in [2.24, 2.45) is 0 Å². The van der Waals surface area contributed by atoms with Crippen molar-refractivity contribution in [2.75, 3.05) is 69.2 Å². The van der Waals surface area contributed by atoms with Crippen LogP contribution in [0.15, 0.2) is 24.3 Å². The number of nitrogens with one attached hydrogen (secondary N) is 1. The molecule has 0 radical (unpaired) electrons. The van der Waals surface area contributed by atoms with E-state index in [0.29, 0.717) is 25.2 Å². The molecule has 4 aliphatic heterocycles. The Balaban J connectivity index is 1.17. The van der Waals surface area contributed by atoms with Gasteiger partial charge in [-0.1, -0.05) is 19.1 Å². The number of alkyl halides is 2. The van der Waals surface area contributed by atoms with Crippen molar-refractivity contribution < 1.29 is 13.5 Å². The Kier molecular flexibility index (Phi) is 6.26. The van der Waals surface area contributed by atoms with E-state index in [0.717, 1.165) is 79.5 Å². The molecular weight excluding hydrogens is 506 g/mol. The van der Waals surface area contributed by atoms with E-state index in [4.69, 9.17) is 14.7 Å². The van der Waals surface area contributed by atoms with Crippen LogP contribution in [0.3, 0.4) is 0 Å². The number of benzene rings is 1. The van der Waals surface area contributed by atoms with E-state index >= 15 is 0 Å². The minimum atomic E-state index is -2.49. The van der Waals surface area contributed by atoms with Gasteiger partial charge in [-0.05, 0) is 30.5 Å². The summed E-state index contributed by atoms with van der Waals surface area (Å²) in [5, 5.41) is 3.52. The van der Waals surface area contributed by atoms with Crippen molar-refractivity contribution in [2.45, 2.75) is 44.2 Å². The number of anilines is 2. The number of hydrogen-bond acceptors (Lipinski definition) is 8. The summed E-state index contributed by atoms with van der Waals surface area (Å²) in [6, 6.07) is 8.91. The highest BCUT2D eigenvalue weighted by Gasteiger charge is 2.46. The fourth-order valence-corrected chi connectivity index (χ4v) is 7.59. The topological polar surface area (TPSA) is 56.8 Å². The molecule has 3 aromatic rings. The molecule has 0 saturated carbocycles. The standard InChI is InChI=1S/C28H34F2N6OS/c1-18-14-31-22-4-2-3-21(24(18)22)26-32-23-13-20(38-25(23)27(33-26)35-9-11-37-12-10-35)15-34-7-5-19(6-8-34)36-16-28(29,30)17-36/h2-4,13,18-19,31H,5-12,14-17H2,1H3. The lowest BCUT2D eigenvalue weighted by Crippen LogP contribution is -2.61. The van der Waals surface area contributed by atoms with Crippen LogP contribution in [0.4, 0.5) is 20.3 Å². The molecule has 0 spiro atoms. The van der Waals surface area contributed by atoms with Crippen LogP contribution in [0.5, 0.6) is 0 Å². The third-order valence-electron chi connectivity index (χ3n) is 8.48. The first-order chi connectivity index (χ1) is 18.4. The van der Waals surface area contributed by atoms with Crippen molar-refractivity contribution in [1.29, 1.82) is 0 Å². The third kappa shape index (κ3) is 4.55. The molecule has 1 unspecified atom stereocenters. The van der Waals surface area contributed by atoms with E-state index in [-0.39, 0.29) is 13.1 Å². The Morgan fingerprint density at radius 2 is 1.89 bits per heavy atom. The van der Waals surface area contributed by atoms with Gasteiger partial charge in [0.1, 0.15) is 0 Å². The van der Waals surface area contributed by atoms with Crippen LogP contribution >= 0.6 is 11.3 Å². The third-order valence-corrected chi connectivity index (χ3v) is 9.58. The number of piperidine rings is 1. The number of hydrogen-bond donors (Lipinski definition) is 1. The number of ether oxygens (including phenoxy) is 1. The summed E-state index contributed by atoms with van der Waals surface area (Å²) in [5.74, 6) is -0.266. The molecule has 10 heteroatoms. The first-order valence-corrected chi connectivity index (χ1v) is 14.6. The summed E-state index contributed by atoms with van der Waals surface area (Å²) in [4.78, 5) is 18.3. The maximum absolute atomic E-state index is 13.3. The minimum absolute atomic E-state index is 0.0707. The van der Waals surface area contributed by atoms with Gasteiger partial charge in [-0.2, -0.15) is 0 Å². The Hall–Kier alpha value is -2.40. The fourth-order valence-electron chi connectivity index (χ4n) is 6.43. The molecule has 0 bridgehead atoms. The number of halogens is 2. The molecule has 1 aromatic carbocycles. The second-order valence-corrected chi connectivity index (χ2v) is 12.4. The van der Waals surface area contributed by atoms with E-state index in [9.17, 15) is 8.78 Å². The summed E-state index contributed by atoms with van der Waals surface area (Å²) >= 11 is 1.79. The largest absolute Gasteiger partial charge is 0.384 e. The van der Waals surface area contributed by atoms with Gasteiger partial charge in [0.05, 0.1) is 36.5 Å². The van der Waals surface area contributed by atoms with Gasteiger partial charge in [-0.15, -0.1) is 11.3 Å². The molecule has 6 heterocycles. The molecule has 38 heavy (non-hydrogen) atoms. The zero-order valence-corrected chi connectivity index (χ0v) is 22.6. The second-order valence-electron chi connectivity index (χ2n) is 11.2. The van der Waals surface area contributed by atoms with Gasteiger partial charge in [0.2, 0.25) is 0 Å². The number of likely N-dealkylation sites (tertiary alicyclic amines) is 2. The number of morpholine rings is 1. The lowest BCUT2D eigenvalue weighted by molar-refractivity contribution is -0.151. The number of nitrogens with zero attached hydrogens (tertiary/aromatic N) is 5. The smallest absolute Gasteiger partial charge is 0.272 e. The van der Waals surface area contributed by atoms with Gasteiger partial charge in [-0.25, -0.2) is 18.7 Å². The maximum Gasteiger partial charge on any atom is 0.272 e. The fraction of sp³-hybridized carbons (Fsp3) is 0.571. The van der Waals surface area contributed by atoms with E-state index in [1.54, 1.807) is 11.3 Å². The van der Waals surface area contributed by atoms with Gasteiger partial charge < -0.3 is 15.0 Å². The van der Waals surface area contributed by atoms with Gasteiger partial charge in [0, 0.05) is 67.4 Å². The Labute approximate surface area is 225 Å². The molecule has 2 aromatic heterocycles. The molecule has 1 atom stereocenters. The summed E-state index contributed by atoms with van der Waals surface area (Å²) in [6.07, 6.45) is 1.91. The van der Waals surface area contributed by atoms with Crippen LogP contribution < -0.4 is 10.2 Å². The summed E-state index contributed by atoms with van der Waals surface area (Å²) in [7, 11) is 0. The molecule has 1 N–H and O–H groups in total. The van der Waals surface area contributed by atoms with Crippen molar-refractivity contribution in [3.63, 3.8) is 0 Å². The second kappa shape index (κ2) is 9.66. The molecule has 0 amide bonds. The first-order valence-electron chi connectivity index (χ1n) is 13.8. The lowest BCUT2D eigenvalue weighted by Gasteiger charge is -2.46. The number of thiophene rings is 1. The average Bonchev–Trinajstić information content (AvgIpc) is 3.50. The van der Waals surface area contributed by atoms with Crippen LogP contribution in [0.2, 0.25) is 0 Å². The molecule has 7 nitrogen and oxygen atoms in total. The molecule has 4 aliphatic rings. The molecule has 3 saturated heterocycles. The van der Waals surface area contributed by atoms with Crippen molar-refractivity contribution >= 4 is 33.1 Å². The van der Waals surface area contributed by atoms with E-state index < -0.39 is 5.92 Å². The summed E-state index contributed by atoms with van der Waals surface area (Å²) in [5.41, 5.74) is 4.61. The Morgan fingerprint density at radius 3 is 2.66 bits per heavy atom. The maximum atomic E-state index is 13.3. The monoisotopic (exact) mass is 540 g/mol. The SMILES string of the molecule is CC1CNc2cccc(-c3nc(N4CCOCC4)c4sc(CN5CCC(N6CC(F)(F)C6)CC5)cc4n3)c21. The van der Waals surface area contributed by atoms with Gasteiger partial charge in [0.25, 0.3) is 5.92 Å². The lowest BCUT2D eigenvalue weighted by atomic mass is 9.97. The number of aromatic nitrogens is 2. The summed E-state index contributed by atoms with van der Waals surface area (Å²) < 4.78 is 33.4. The van der Waals surface area contributed by atoms with Crippen LogP contribution in [-0.2, 0) is 11.3 Å². The zero-order chi connectivity index (χ0) is 25.9. The molecular formula is C28H34F2N6OS. The number of fused-ring (bicyclic) bond motifs is 2. The van der Waals surface area contributed by atoms with Crippen LogP contribution in [-0.4, -0.2) is 90.8 Å². The predicted octanol–water partition coefficient (Wildman–Crippen LogP) is 4.64. The minimum Gasteiger partial charge on any atom is -0.384 e. The van der Waals surface area contributed by atoms with Crippen LogP contribution in [0.25, 0.3) is 21.6 Å². The van der Waals surface area contributed by atoms with E-state index in [1.807, 2.05) is 4.90 Å². The molecule has 202 valence electrons. The van der Waals surface area contributed by atoms with Gasteiger partial charge in [0.15, 0.2) is 11.6 Å². The summed E-state index contributed by atoms with van der Waals surface area (Å²) in [6.45, 7) is 8.86. The van der Waals surface area contributed by atoms with Crippen molar-refractivity contribution in [3.05, 3.63) is 34.7 Å². The normalized spacial score (nSPS) is 24.4. The van der Waals surface area contributed by atoms with E-state index in [2.05, 4.69) is 46.3 Å². The molecule has 3 fully saturated rings. The average molecular weight is 541 g/mol. The highest BCUT2D eigenvalue weighted by molar-refractivity contribution is 7.19. The zero-order valence-electron chi connectivity index (χ0n) is 21.8.